The van der Waals surface area contributed by atoms with Crippen LogP contribution in [0.15, 0.2) is 59.8 Å². The standard InChI is InChI=1S/C23H19Cl2IN2O5/c1-2-31-22-11-17(12-27-33-14-15-4-3-5-18(8-15)28(29)30)10-21(26)23(22)32-13-16-6-7-19(24)20(25)9-16/h3-12H,2,13-14H2,1H3/b27-12-. The Balaban J connectivity index is 1.68. The van der Waals surface area contributed by atoms with Gasteiger partial charge in [-0.25, -0.2) is 0 Å². The van der Waals surface area contributed by atoms with Gasteiger partial charge in [-0.05, 0) is 64.9 Å². The van der Waals surface area contributed by atoms with E-state index in [1.807, 2.05) is 19.1 Å². The number of halogens is 3. The molecular weight excluding hydrogens is 582 g/mol. The Kier molecular flexibility index (Phi) is 9.16. The molecule has 0 amide bonds. The van der Waals surface area contributed by atoms with Gasteiger partial charge in [-0.15, -0.1) is 0 Å². The number of hydrogen-bond donors (Lipinski definition) is 0. The molecule has 0 saturated heterocycles. The normalized spacial score (nSPS) is 10.9. The van der Waals surface area contributed by atoms with E-state index < -0.39 is 4.92 Å². The molecule has 3 rings (SSSR count). The number of rotatable bonds is 10. The van der Waals surface area contributed by atoms with Gasteiger partial charge in [0.25, 0.3) is 5.69 Å². The van der Waals surface area contributed by atoms with Gasteiger partial charge < -0.3 is 14.3 Å². The van der Waals surface area contributed by atoms with Crippen LogP contribution >= 0.6 is 45.8 Å². The van der Waals surface area contributed by atoms with Crippen molar-refractivity contribution in [2.75, 3.05) is 6.61 Å². The molecule has 0 unspecified atom stereocenters. The Morgan fingerprint density at radius 1 is 1.03 bits per heavy atom. The van der Waals surface area contributed by atoms with Crippen molar-refractivity contribution in [2.45, 2.75) is 20.1 Å². The summed E-state index contributed by atoms with van der Waals surface area (Å²) >= 11 is 14.2. The van der Waals surface area contributed by atoms with E-state index in [0.717, 1.165) is 14.7 Å². The highest BCUT2D eigenvalue weighted by Gasteiger charge is 2.13. The number of nitro benzene ring substituents is 1. The van der Waals surface area contributed by atoms with Crippen LogP contribution in [0.1, 0.15) is 23.6 Å². The Bertz CT molecular complexity index is 1170. The first-order valence-corrected chi connectivity index (χ1v) is 11.6. The predicted octanol–water partition coefficient (Wildman–Crippen LogP) is 7.03. The molecule has 172 valence electrons. The molecule has 3 aromatic carbocycles. The van der Waals surface area contributed by atoms with Crippen LogP contribution in [0.5, 0.6) is 11.5 Å². The lowest BCUT2D eigenvalue weighted by molar-refractivity contribution is -0.384. The summed E-state index contributed by atoms with van der Waals surface area (Å²) in [7, 11) is 0. The molecular formula is C23H19Cl2IN2O5. The van der Waals surface area contributed by atoms with E-state index >= 15 is 0 Å². The molecule has 0 radical (unpaired) electrons. The summed E-state index contributed by atoms with van der Waals surface area (Å²) in [6.45, 7) is 2.76. The topological polar surface area (TPSA) is 83.2 Å². The quantitative estimate of drug-likeness (QED) is 0.108. The van der Waals surface area contributed by atoms with Crippen LogP contribution in [0.2, 0.25) is 10.0 Å². The summed E-state index contributed by atoms with van der Waals surface area (Å²) in [5.41, 5.74) is 2.29. The van der Waals surface area contributed by atoms with Crippen molar-refractivity contribution in [3.63, 3.8) is 0 Å². The predicted molar refractivity (Wildman–Crippen MR) is 137 cm³/mol. The van der Waals surface area contributed by atoms with E-state index in [0.29, 0.717) is 40.3 Å². The average Bonchev–Trinajstić information content (AvgIpc) is 2.79. The number of non-ortho nitro benzene ring substituents is 1. The van der Waals surface area contributed by atoms with E-state index in [4.69, 9.17) is 37.5 Å². The first kappa shape index (κ1) is 25.1. The van der Waals surface area contributed by atoms with E-state index in [1.165, 1.54) is 12.1 Å². The zero-order chi connectivity index (χ0) is 23.8. The van der Waals surface area contributed by atoms with Gasteiger partial charge in [0.05, 0.1) is 31.4 Å². The van der Waals surface area contributed by atoms with Crippen LogP contribution in [0.4, 0.5) is 5.69 Å². The molecule has 0 heterocycles. The van der Waals surface area contributed by atoms with E-state index in [1.54, 1.807) is 36.5 Å². The fraction of sp³-hybridized carbons (Fsp3) is 0.174. The lowest BCUT2D eigenvalue weighted by Gasteiger charge is -2.15. The van der Waals surface area contributed by atoms with E-state index in [9.17, 15) is 10.1 Å². The van der Waals surface area contributed by atoms with Gasteiger partial charge in [0.1, 0.15) is 13.2 Å². The van der Waals surface area contributed by atoms with E-state index in [-0.39, 0.29) is 12.3 Å². The Morgan fingerprint density at radius 3 is 2.55 bits per heavy atom. The minimum absolute atomic E-state index is 0.00690. The third kappa shape index (κ3) is 7.21. The minimum atomic E-state index is -0.449. The third-order valence-corrected chi connectivity index (χ3v) is 5.87. The van der Waals surface area contributed by atoms with Crippen molar-refractivity contribution in [2.24, 2.45) is 5.16 Å². The zero-order valence-electron chi connectivity index (χ0n) is 17.5. The maximum Gasteiger partial charge on any atom is 0.269 e. The highest BCUT2D eigenvalue weighted by Crippen LogP contribution is 2.35. The molecule has 0 aliphatic carbocycles. The van der Waals surface area contributed by atoms with Gasteiger partial charge in [0, 0.05) is 17.7 Å². The minimum Gasteiger partial charge on any atom is -0.490 e. The third-order valence-electron chi connectivity index (χ3n) is 4.33. The molecule has 0 fully saturated rings. The lowest BCUT2D eigenvalue weighted by Crippen LogP contribution is -2.02. The van der Waals surface area contributed by atoms with Gasteiger partial charge in [-0.1, -0.05) is 46.6 Å². The van der Waals surface area contributed by atoms with Gasteiger partial charge in [0.15, 0.2) is 11.5 Å². The van der Waals surface area contributed by atoms with Crippen LogP contribution in [0.25, 0.3) is 0 Å². The molecule has 0 aliphatic rings. The number of nitrogens with zero attached hydrogens (tertiary/aromatic N) is 2. The summed E-state index contributed by atoms with van der Waals surface area (Å²) in [5, 5.41) is 15.8. The Hall–Kier alpha value is -2.56. The maximum absolute atomic E-state index is 10.9. The first-order valence-electron chi connectivity index (χ1n) is 9.79. The molecule has 0 N–H and O–H groups in total. The van der Waals surface area contributed by atoms with Crippen LogP contribution in [-0.2, 0) is 18.1 Å². The smallest absolute Gasteiger partial charge is 0.269 e. The molecule has 10 heteroatoms. The Morgan fingerprint density at radius 2 is 1.82 bits per heavy atom. The van der Waals surface area contributed by atoms with Crippen LogP contribution in [0.3, 0.4) is 0 Å². The summed E-state index contributed by atoms with van der Waals surface area (Å²) in [6.07, 6.45) is 1.55. The van der Waals surface area contributed by atoms with Gasteiger partial charge >= 0.3 is 0 Å². The number of oxime groups is 1. The number of hydrogen-bond acceptors (Lipinski definition) is 6. The average molecular weight is 601 g/mol. The van der Waals surface area contributed by atoms with Crippen molar-refractivity contribution in [3.8, 4) is 11.5 Å². The second kappa shape index (κ2) is 12.1. The van der Waals surface area contributed by atoms with Crippen LogP contribution in [0, 0.1) is 13.7 Å². The molecule has 0 atom stereocenters. The SMILES string of the molecule is CCOc1cc(/C=N\OCc2cccc([N+](=O)[O-])c2)cc(I)c1OCc1ccc(Cl)c(Cl)c1. The van der Waals surface area contributed by atoms with E-state index in [2.05, 4.69) is 27.7 Å². The summed E-state index contributed by atoms with van der Waals surface area (Å²) < 4.78 is 12.6. The summed E-state index contributed by atoms with van der Waals surface area (Å²) in [4.78, 5) is 15.7. The number of nitro groups is 1. The van der Waals surface area contributed by atoms with Gasteiger partial charge in [-0.2, -0.15) is 0 Å². The van der Waals surface area contributed by atoms with Crippen molar-refractivity contribution in [1.82, 2.24) is 0 Å². The van der Waals surface area contributed by atoms with Crippen molar-refractivity contribution < 1.29 is 19.2 Å². The molecule has 0 spiro atoms. The highest BCUT2D eigenvalue weighted by molar-refractivity contribution is 14.1. The van der Waals surface area contributed by atoms with Crippen molar-refractivity contribution in [3.05, 3.63) is 95.0 Å². The van der Waals surface area contributed by atoms with Gasteiger partial charge in [-0.3, -0.25) is 10.1 Å². The van der Waals surface area contributed by atoms with Crippen molar-refractivity contribution in [1.29, 1.82) is 0 Å². The van der Waals surface area contributed by atoms with Crippen LogP contribution in [-0.4, -0.2) is 17.7 Å². The number of benzene rings is 3. The van der Waals surface area contributed by atoms with Crippen LogP contribution < -0.4 is 9.47 Å². The molecule has 0 saturated carbocycles. The monoisotopic (exact) mass is 600 g/mol. The molecule has 0 aromatic heterocycles. The number of ether oxygens (including phenoxy) is 2. The second-order valence-corrected chi connectivity index (χ2v) is 8.71. The Labute approximate surface area is 214 Å². The molecule has 0 bridgehead atoms. The fourth-order valence-corrected chi connectivity index (χ4v) is 3.92. The first-order chi connectivity index (χ1) is 15.9. The molecule has 0 aliphatic heterocycles. The molecule has 7 nitrogen and oxygen atoms in total. The highest BCUT2D eigenvalue weighted by atomic mass is 127. The zero-order valence-corrected chi connectivity index (χ0v) is 21.1. The fourth-order valence-electron chi connectivity index (χ4n) is 2.82. The largest absolute Gasteiger partial charge is 0.490 e. The van der Waals surface area contributed by atoms with Crippen molar-refractivity contribution >= 4 is 57.7 Å². The summed E-state index contributed by atoms with van der Waals surface area (Å²) in [5.74, 6) is 1.18. The lowest BCUT2D eigenvalue weighted by atomic mass is 10.2. The maximum atomic E-state index is 10.9. The molecule has 3 aromatic rings. The summed E-state index contributed by atoms with van der Waals surface area (Å²) in [6, 6.07) is 15.2. The second-order valence-electron chi connectivity index (χ2n) is 6.74. The van der Waals surface area contributed by atoms with Gasteiger partial charge in [0.2, 0.25) is 0 Å². The molecule has 33 heavy (non-hydrogen) atoms.